The summed E-state index contributed by atoms with van der Waals surface area (Å²) in [5.74, 6) is 0.854. The van der Waals surface area contributed by atoms with Crippen molar-refractivity contribution in [2.24, 2.45) is 0 Å². The van der Waals surface area contributed by atoms with Gasteiger partial charge in [0.2, 0.25) is 0 Å². The zero-order valence-electron chi connectivity index (χ0n) is 9.99. The number of aromatic nitrogens is 2. The monoisotopic (exact) mass is 295 g/mol. The number of nitrogens with one attached hydrogen (secondary N) is 1. The van der Waals surface area contributed by atoms with Gasteiger partial charge in [-0.25, -0.2) is 0 Å². The molecule has 17 heavy (non-hydrogen) atoms. The summed E-state index contributed by atoms with van der Waals surface area (Å²) < 4.78 is 6.11. The number of anilines is 1. The molecule has 2 aromatic rings. The van der Waals surface area contributed by atoms with Gasteiger partial charge in [-0.15, -0.1) is 0 Å². The maximum atomic E-state index is 5.17. The lowest BCUT2D eigenvalue weighted by molar-refractivity contribution is 0.392. The fraction of sp³-hybridized carbons (Fsp3) is 0.333. The van der Waals surface area contributed by atoms with Gasteiger partial charge in [0.1, 0.15) is 5.76 Å². The number of hydrogen-bond acceptors (Lipinski definition) is 4. The van der Waals surface area contributed by atoms with Gasteiger partial charge < -0.3 is 9.84 Å². The Morgan fingerprint density at radius 2 is 2.18 bits per heavy atom. The quantitative estimate of drug-likeness (QED) is 0.939. The van der Waals surface area contributed by atoms with E-state index in [-0.39, 0.29) is 6.04 Å². The van der Waals surface area contributed by atoms with Crippen LogP contribution in [-0.2, 0) is 0 Å². The summed E-state index contributed by atoms with van der Waals surface area (Å²) in [5, 5.41) is 7.37. The van der Waals surface area contributed by atoms with Crippen molar-refractivity contribution in [3.8, 4) is 0 Å². The third kappa shape index (κ3) is 2.49. The van der Waals surface area contributed by atoms with Gasteiger partial charge in [-0.1, -0.05) is 5.16 Å². The van der Waals surface area contributed by atoms with E-state index in [0.29, 0.717) is 0 Å². The highest BCUT2D eigenvalue weighted by molar-refractivity contribution is 9.10. The number of rotatable bonds is 3. The Kier molecular flexibility index (Phi) is 3.47. The molecule has 0 radical (unpaired) electrons. The average Bonchev–Trinajstić information content (AvgIpc) is 2.62. The third-order valence-electron chi connectivity index (χ3n) is 2.67. The lowest BCUT2D eigenvalue weighted by Crippen LogP contribution is -2.08. The number of nitrogens with zero attached hydrogens (tertiary/aromatic N) is 2. The Labute approximate surface area is 109 Å². The van der Waals surface area contributed by atoms with Crippen LogP contribution >= 0.6 is 15.9 Å². The van der Waals surface area contributed by atoms with Gasteiger partial charge in [0.25, 0.3) is 0 Å². The molecule has 1 N–H and O–H groups in total. The molecule has 0 aliphatic carbocycles. The predicted molar refractivity (Wildman–Crippen MR) is 70.0 cm³/mol. The zero-order valence-corrected chi connectivity index (χ0v) is 11.6. The molecule has 0 spiro atoms. The Morgan fingerprint density at radius 1 is 1.41 bits per heavy atom. The molecular formula is C12H14BrN3O. The van der Waals surface area contributed by atoms with Gasteiger partial charge in [0.15, 0.2) is 0 Å². The van der Waals surface area contributed by atoms with Crippen LogP contribution in [0.2, 0.25) is 0 Å². The molecule has 0 amide bonds. The summed E-state index contributed by atoms with van der Waals surface area (Å²) in [6.07, 6.45) is 3.52. The Hall–Kier alpha value is -1.36. The summed E-state index contributed by atoms with van der Waals surface area (Å²) in [5.41, 5.74) is 3.04. The fourth-order valence-corrected chi connectivity index (χ4v) is 2.27. The lowest BCUT2D eigenvalue weighted by Gasteiger charge is -2.15. The van der Waals surface area contributed by atoms with Gasteiger partial charge in [-0.3, -0.25) is 4.98 Å². The molecule has 0 fully saturated rings. The van der Waals surface area contributed by atoms with Gasteiger partial charge in [-0.2, -0.15) is 0 Å². The van der Waals surface area contributed by atoms with E-state index in [1.54, 1.807) is 12.4 Å². The van der Waals surface area contributed by atoms with Crippen LogP contribution in [0.3, 0.4) is 0 Å². The number of halogens is 1. The van der Waals surface area contributed by atoms with E-state index in [0.717, 1.165) is 27.2 Å². The highest BCUT2D eigenvalue weighted by atomic mass is 79.9. The molecule has 0 bridgehead atoms. The van der Waals surface area contributed by atoms with E-state index in [1.165, 1.54) is 0 Å². The van der Waals surface area contributed by atoms with Crippen molar-refractivity contribution in [1.82, 2.24) is 10.1 Å². The molecule has 4 nitrogen and oxygen atoms in total. The predicted octanol–water partition coefficient (Wildman–Crippen LogP) is 3.62. The van der Waals surface area contributed by atoms with E-state index in [9.17, 15) is 0 Å². The lowest BCUT2D eigenvalue weighted by atomic mass is 10.1. The second kappa shape index (κ2) is 4.87. The van der Waals surface area contributed by atoms with Crippen LogP contribution in [0.15, 0.2) is 27.5 Å². The van der Waals surface area contributed by atoms with E-state index in [2.05, 4.69) is 38.3 Å². The first kappa shape index (κ1) is 12.1. The van der Waals surface area contributed by atoms with E-state index in [1.807, 2.05) is 19.9 Å². The molecule has 2 aromatic heterocycles. The fourth-order valence-electron chi connectivity index (χ4n) is 1.91. The standard InChI is InChI=1S/C12H14BrN3O/c1-7(12-8(2)16-17-9(12)3)15-11-4-5-14-6-10(11)13/h4-7H,1-3H3,(H,14,15). The molecule has 0 saturated carbocycles. The zero-order chi connectivity index (χ0) is 12.4. The van der Waals surface area contributed by atoms with Crippen LogP contribution in [0.25, 0.3) is 0 Å². The number of aryl methyl sites for hydroxylation is 2. The first-order valence-electron chi connectivity index (χ1n) is 5.38. The first-order valence-corrected chi connectivity index (χ1v) is 6.17. The van der Waals surface area contributed by atoms with E-state index >= 15 is 0 Å². The van der Waals surface area contributed by atoms with Crippen molar-refractivity contribution in [1.29, 1.82) is 0 Å². The van der Waals surface area contributed by atoms with Gasteiger partial charge in [-0.05, 0) is 42.8 Å². The summed E-state index contributed by atoms with van der Waals surface area (Å²) in [4.78, 5) is 4.03. The number of pyridine rings is 1. The maximum Gasteiger partial charge on any atom is 0.139 e. The molecule has 90 valence electrons. The molecule has 2 rings (SSSR count). The second-order valence-corrected chi connectivity index (χ2v) is 4.81. The molecule has 0 aliphatic rings. The molecule has 1 atom stereocenters. The molecule has 1 unspecified atom stereocenters. The smallest absolute Gasteiger partial charge is 0.139 e. The van der Waals surface area contributed by atoms with Crippen molar-refractivity contribution < 1.29 is 4.52 Å². The van der Waals surface area contributed by atoms with Crippen molar-refractivity contribution in [3.63, 3.8) is 0 Å². The minimum Gasteiger partial charge on any atom is -0.377 e. The van der Waals surface area contributed by atoms with Gasteiger partial charge in [0.05, 0.1) is 21.9 Å². The van der Waals surface area contributed by atoms with Crippen LogP contribution in [0, 0.1) is 13.8 Å². The second-order valence-electron chi connectivity index (χ2n) is 3.96. The minimum absolute atomic E-state index is 0.139. The van der Waals surface area contributed by atoms with Crippen molar-refractivity contribution in [3.05, 3.63) is 40.0 Å². The minimum atomic E-state index is 0.139. The summed E-state index contributed by atoms with van der Waals surface area (Å²) in [6, 6.07) is 2.07. The van der Waals surface area contributed by atoms with Gasteiger partial charge >= 0.3 is 0 Å². The van der Waals surface area contributed by atoms with Crippen molar-refractivity contribution in [2.45, 2.75) is 26.8 Å². The molecular weight excluding hydrogens is 282 g/mol. The third-order valence-corrected chi connectivity index (χ3v) is 3.30. The molecule has 0 saturated heterocycles. The summed E-state index contributed by atoms with van der Waals surface area (Å²) in [7, 11) is 0. The highest BCUT2D eigenvalue weighted by Crippen LogP contribution is 2.28. The van der Waals surface area contributed by atoms with Crippen LogP contribution in [0.5, 0.6) is 0 Å². The van der Waals surface area contributed by atoms with Crippen LogP contribution < -0.4 is 5.32 Å². The topological polar surface area (TPSA) is 51.0 Å². The largest absolute Gasteiger partial charge is 0.377 e. The SMILES string of the molecule is Cc1noc(C)c1C(C)Nc1ccncc1Br. The Morgan fingerprint density at radius 3 is 2.76 bits per heavy atom. The average molecular weight is 296 g/mol. The first-order chi connectivity index (χ1) is 8.09. The molecule has 0 aromatic carbocycles. The van der Waals surface area contributed by atoms with Crippen LogP contribution in [-0.4, -0.2) is 10.1 Å². The van der Waals surface area contributed by atoms with Crippen LogP contribution in [0.4, 0.5) is 5.69 Å². The summed E-state index contributed by atoms with van der Waals surface area (Å²) >= 11 is 3.46. The van der Waals surface area contributed by atoms with Gasteiger partial charge in [0, 0.05) is 18.0 Å². The van der Waals surface area contributed by atoms with Crippen molar-refractivity contribution >= 4 is 21.6 Å². The van der Waals surface area contributed by atoms with E-state index in [4.69, 9.17) is 4.52 Å². The van der Waals surface area contributed by atoms with Crippen molar-refractivity contribution in [2.75, 3.05) is 5.32 Å². The molecule has 0 aliphatic heterocycles. The Bertz CT molecular complexity index is 505. The summed E-state index contributed by atoms with van der Waals surface area (Å²) in [6.45, 7) is 5.96. The number of hydrogen-bond donors (Lipinski definition) is 1. The Balaban J connectivity index is 2.23. The van der Waals surface area contributed by atoms with E-state index < -0.39 is 0 Å². The maximum absolute atomic E-state index is 5.17. The van der Waals surface area contributed by atoms with Crippen LogP contribution in [0.1, 0.15) is 30.0 Å². The molecule has 5 heteroatoms. The normalized spacial score (nSPS) is 12.5. The molecule has 2 heterocycles. The highest BCUT2D eigenvalue weighted by Gasteiger charge is 2.16.